The minimum Gasteiger partial charge on any atom is -0.453 e. The Bertz CT molecular complexity index is 1690. The molecule has 0 spiro atoms. The molecule has 1 aliphatic rings. The van der Waals surface area contributed by atoms with E-state index in [1.165, 1.54) is 7.11 Å². The van der Waals surface area contributed by atoms with E-state index in [2.05, 4.69) is 25.7 Å². The van der Waals surface area contributed by atoms with E-state index in [-0.39, 0.29) is 17.8 Å². The van der Waals surface area contributed by atoms with Crippen molar-refractivity contribution in [2.75, 3.05) is 12.4 Å². The second kappa shape index (κ2) is 8.76. The van der Waals surface area contributed by atoms with Gasteiger partial charge in [-0.3, -0.25) is 13.8 Å². The van der Waals surface area contributed by atoms with Crippen LogP contribution in [-0.4, -0.2) is 57.7 Å². The Morgan fingerprint density at radius 1 is 1.08 bits per heavy atom. The summed E-state index contributed by atoms with van der Waals surface area (Å²) in [6, 6.07) is 5.48. The Morgan fingerprint density at radius 2 is 1.95 bits per heavy atom. The number of fused-ring (bicyclic) bond motifs is 2. The van der Waals surface area contributed by atoms with Crippen molar-refractivity contribution < 1.29 is 9.53 Å². The Labute approximate surface area is 210 Å². The van der Waals surface area contributed by atoms with E-state index in [9.17, 15) is 9.59 Å². The van der Waals surface area contributed by atoms with Crippen molar-refractivity contribution in [3.8, 4) is 11.3 Å². The molecule has 0 aliphatic heterocycles. The molecule has 13 heteroatoms. The predicted octanol–water partition coefficient (Wildman–Crippen LogP) is 2.37. The van der Waals surface area contributed by atoms with Gasteiger partial charge in [-0.15, -0.1) is 5.10 Å². The Hall–Kier alpha value is -4.68. The van der Waals surface area contributed by atoms with E-state index in [1.54, 1.807) is 44.0 Å². The first-order valence-corrected chi connectivity index (χ1v) is 11.9. The summed E-state index contributed by atoms with van der Waals surface area (Å²) in [6.45, 7) is 0. The van der Waals surface area contributed by atoms with Crippen LogP contribution in [-0.2, 0) is 18.8 Å². The van der Waals surface area contributed by atoms with Gasteiger partial charge in [-0.05, 0) is 31.4 Å². The lowest BCUT2D eigenvalue weighted by atomic mass is 10.2. The van der Waals surface area contributed by atoms with Crippen molar-refractivity contribution in [1.82, 2.24) is 43.8 Å². The van der Waals surface area contributed by atoms with Crippen molar-refractivity contribution in [2.24, 2.45) is 14.1 Å². The van der Waals surface area contributed by atoms with Crippen molar-refractivity contribution in [2.45, 2.75) is 31.3 Å². The van der Waals surface area contributed by atoms with E-state index < -0.39 is 6.09 Å². The van der Waals surface area contributed by atoms with Crippen molar-refractivity contribution >= 4 is 34.4 Å². The fourth-order valence-corrected chi connectivity index (χ4v) is 5.05. The molecule has 1 amide bonds. The zero-order valence-corrected chi connectivity index (χ0v) is 20.6. The van der Waals surface area contributed by atoms with Crippen LogP contribution in [0, 0.1) is 0 Å². The molecule has 2 N–H and O–H groups in total. The number of nitrogens with zero attached hydrogens (tertiary/aromatic N) is 8. The molecule has 5 aromatic rings. The molecule has 1 saturated carbocycles. The van der Waals surface area contributed by atoms with Gasteiger partial charge < -0.3 is 15.4 Å². The van der Waals surface area contributed by atoms with Gasteiger partial charge in [0.25, 0.3) is 0 Å². The lowest BCUT2D eigenvalue weighted by molar-refractivity contribution is 0.166. The molecule has 5 heterocycles. The fourth-order valence-electron chi connectivity index (χ4n) is 5.05. The van der Waals surface area contributed by atoms with Gasteiger partial charge in [-0.1, -0.05) is 0 Å². The number of ether oxygens (including phenoxy) is 1. The molecule has 0 bridgehead atoms. The maximum atomic E-state index is 13.2. The molecule has 0 radical (unpaired) electrons. The van der Waals surface area contributed by atoms with Crippen molar-refractivity contribution in [3.05, 3.63) is 53.5 Å². The summed E-state index contributed by atoms with van der Waals surface area (Å²) in [5.41, 5.74) is 3.83. The number of rotatable bonds is 5. The number of nitrogens with one attached hydrogen (secondary N) is 2. The molecule has 190 valence electrons. The highest BCUT2D eigenvalue weighted by Crippen LogP contribution is 2.32. The van der Waals surface area contributed by atoms with Crippen LogP contribution in [0.25, 0.3) is 27.9 Å². The summed E-state index contributed by atoms with van der Waals surface area (Å²) < 4.78 is 11.6. The molecule has 37 heavy (non-hydrogen) atoms. The van der Waals surface area contributed by atoms with Gasteiger partial charge >= 0.3 is 11.8 Å². The standard InChI is InChI=1S/C24H26N10O3/c1-31-13-14(10-27-31)18-11-26-22-7-6-20(30-34(18)22)29-21-9-17-19(12-25-21)32(2)24(36)33(17)16-5-4-15(8-16)28-23(35)37-3/h6-7,9-13,15-16H,4-5,8H2,1-3H3,(H,28,35)(H,25,29,30)/t15-,16-/m1/s1. The Kier molecular flexibility index (Phi) is 5.39. The summed E-state index contributed by atoms with van der Waals surface area (Å²) in [6.07, 6.45) is 8.86. The van der Waals surface area contributed by atoms with E-state index in [0.717, 1.165) is 35.1 Å². The summed E-state index contributed by atoms with van der Waals surface area (Å²) in [7, 11) is 4.95. The zero-order valence-electron chi connectivity index (χ0n) is 20.6. The van der Waals surface area contributed by atoms with Crippen LogP contribution in [0.5, 0.6) is 0 Å². The Balaban J connectivity index is 1.32. The van der Waals surface area contributed by atoms with Gasteiger partial charge in [0.1, 0.15) is 5.82 Å². The molecule has 0 unspecified atom stereocenters. The number of alkyl carbamates (subject to hydrolysis) is 1. The number of amides is 1. The zero-order chi connectivity index (χ0) is 25.7. The topological polar surface area (TPSA) is 138 Å². The van der Waals surface area contributed by atoms with Crippen molar-refractivity contribution in [1.29, 1.82) is 0 Å². The molecular weight excluding hydrogens is 476 g/mol. The number of carbonyl (C=O) groups excluding carboxylic acids is 1. The van der Waals surface area contributed by atoms with Gasteiger partial charge in [0, 0.05) is 44.0 Å². The van der Waals surface area contributed by atoms with Gasteiger partial charge in [0.05, 0.1) is 42.4 Å². The molecule has 2 atom stereocenters. The monoisotopic (exact) mass is 502 g/mol. The number of methoxy groups -OCH3 is 1. The van der Waals surface area contributed by atoms with Crippen LogP contribution < -0.4 is 16.3 Å². The van der Waals surface area contributed by atoms with Crippen LogP contribution in [0.15, 0.2) is 47.8 Å². The quantitative estimate of drug-likeness (QED) is 0.374. The lowest BCUT2D eigenvalue weighted by Crippen LogP contribution is -2.33. The molecular formula is C24H26N10O3. The third-order valence-electron chi connectivity index (χ3n) is 6.87. The largest absolute Gasteiger partial charge is 0.453 e. The first-order chi connectivity index (χ1) is 17.9. The SMILES string of the molecule is COC(=O)N[C@@H]1CC[C@@H](n2c(=O)n(C)c3cnc(Nc4ccc5ncc(-c6cnn(C)c6)n5n4)cc32)C1. The van der Waals surface area contributed by atoms with Gasteiger partial charge in [0.2, 0.25) is 0 Å². The predicted molar refractivity (Wildman–Crippen MR) is 136 cm³/mol. The van der Waals surface area contributed by atoms with Gasteiger partial charge in [-0.25, -0.2) is 24.1 Å². The summed E-state index contributed by atoms with van der Waals surface area (Å²) in [4.78, 5) is 33.8. The van der Waals surface area contributed by atoms with Gasteiger partial charge in [0.15, 0.2) is 11.5 Å². The number of imidazole rings is 2. The molecule has 13 nitrogen and oxygen atoms in total. The van der Waals surface area contributed by atoms with E-state index >= 15 is 0 Å². The normalized spacial score (nSPS) is 17.5. The van der Waals surface area contributed by atoms with Crippen LogP contribution in [0.3, 0.4) is 0 Å². The third kappa shape index (κ3) is 3.97. The third-order valence-corrected chi connectivity index (χ3v) is 6.87. The maximum Gasteiger partial charge on any atom is 0.407 e. The molecule has 1 fully saturated rings. The number of aryl methyl sites for hydroxylation is 2. The number of anilines is 2. The highest BCUT2D eigenvalue weighted by Gasteiger charge is 2.30. The molecule has 0 aromatic carbocycles. The molecule has 6 rings (SSSR count). The lowest BCUT2D eigenvalue weighted by Gasteiger charge is -2.14. The average molecular weight is 503 g/mol. The second-order valence-electron chi connectivity index (χ2n) is 9.23. The smallest absolute Gasteiger partial charge is 0.407 e. The minimum absolute atomic E-state index is 0.0424. The molecule has 5 aromatic heterocycles. The molecule has 0 saturated heterocycles. The summed E-state index contributed by atoms with van der Waals surface area (Å²) in [5, 5.41) is 15.1. The highest BCUT2D eigenvalue weighted by molar-refractivity contribution is 5.79. The fraction of sp³-hybridized carbons (Fsp3) is 0.333. The average Bonchev–Trinajstić information content (AvgIpc) is 3.67. The van der Waals surface area contributed by atoms with Crippen molar-refractivity contribution in [3.63, 3.8) is 0 Å². The Morgan fingerprint density at radius 3 is 2.73 bits per heavy atom. The number of hydrogen-bond acceptors (Lipinski definition) is 8. The van der Waals surface area contributed by atoms with Crippen LogP contribution in [0.4, 0.5) is 16.4 Å². The second-order valence-corrected chi connectivity index (χ2v) is 9.23. The number of hydrogen-bond donors (Lipinski definition) is 2. The van der Waals surface area contributed by atoms with Crippen LogP contribution >= 0.6 is 0 Å². The number of aromatic nitrogens is 8. The summed E-state index contributed by atoms with van der Waals surface area (Å²) >= 11 is 0. The van der Waals surface area contributed by atoms with E-state index in [1.807, 2.05) is 31.4 Å². The first kappa shape index (κ1) is 22.8. The minimum atomic E-state index is -0.458. The highest BCUT2D eigenvalue weighted by atomic mass is 16.5. The van der Waals surface area contributed by atoms with E-state index in [0.29, 0.717) is 23.7 Å². The van der Waals surface area contributed by atoms with Crippen LogP contribution in [0.2, 0.25) is 0 Å². The molecule has 1 aliphatic carbocycles. The first-order valence-electron chi connectivity index (χ1n) is 11.9. The number of carbonyl (C=O) groups is 1. The van der Waals surface area contributed by atoms with E-state index in [4.69, 9.17) is 9.84 Å². The van der Waals surface area contributed by atoms with Gasteiger partial charge in [-0.2, -0.15) is 5.10 Å². The van der Waals surface area contributed by atoms with Crippen LogP contribution in [0.1, 0.15) is 25.3 Å². The summed E-state index contributed by atoms with van der Waals surface area (Å²) in [5.74, 6) is 1.14. The number of pyridine rings is 1. The maximum absolute atomic E-state index is 13.2.